The van der Waals surface area contributed by atoms with Gasteiger partial charge < -0.3 is 10.6 Å². The van der Waals surface area contributed by atoms with Gasteiger partial charge in [0.25, 0.3) is 0 Å². The molecule has 0 fully saturated rings. The Labute approximate surface area is 199 Å². The molecule has 6 heteroatoms. The molecule has 0 saturated heterocycles. The first-order valence-electron chi connectivity index (χ1n) is 11.4. The van der Waals surface area contributed by atoms with Crippen molar-refractivity contribution in [1.29, 1.82) is 0 Å². The van der Waals surface area contributed by atoms with E-state index in [1.165, 1.54) is 22.3 Å². The number of hydrogen-bond donors (Lipinski definition) is 4. The van der Waals surface area contributed by atoms with Crippen LogP contribution < -0.4 is 10.6 Å². The molecule has 0 amide bonds. The third-order valence-electron chi connectivity index (χ3n) is 5.82. The van der Waals surface area contributed by atoms with Crippen molar-refractivity contribution in [2.24, 2.45) is 0 Å². The number of aromatic nitrogens is 4. The SMILES string of the molecule is Cc1ccc(-c2cc(NCc3cccc(CNc4cc(-c5ccc(C)cc5)[nH]n4)c3)n[nH]2)cc1. The summed E-state index contributed by atoms with van der Waals surface area (Å²) < 4.78 is 0. The van der Waals surface area contributed by atoms with Crippen LogP contribution in [-0.2, 0) is 13.1 Å². The Morgan fingerprint density at radius 2 is 1.03 bits per heavy atom. The molecule has 3 aromatic carbocycles. The number of hydrogen-bond acceptors (Lipinski definition) is 4. The van der Waals surface area contributed by atoms with Gasteiger partial charge in [-0.1, -0.05) is 83.9 Å². The molecule has 0 aliphatic carbocycles. The van der Waals surface area contributed by atoms with Gasteiger partial charge in [0, 0.05) is 25.2 Å². The van der Waals surface area contributed by atoms with Gasteiger partial charge in [0.15, 0.2) is 0 Å². The van der Waals surface area contributed by atoms with Crippen LogP contribution in [0.2, 0.25) is 0 Å². The zero-order valence-corrected chi connectivity index (χ0v) is 19.4. The molecular formula is C28H28N6. The van der Waals surface area contributed by atoms with Crippen LogP contribution in [0.4, 0.5) is 11.6 Å². The van der Waals surface area contributed by atoms with Crippen LogP contribution in [0.3, 0.4) is 0 Å². The number of nitrogens with one attached hydrogen (secondary N) is 4. The van der Waals surface area contributed by atoms with Crippen LogP contribution in [0.25, 0.3) is 22.5 Å². The van der Waals surface area contributed by atoms with E-state index in [4.69, 9.17) is 0 Å². The molecule has 0 saturated carbocycles. The summed E-state index contributed by atoms with van der Waals surface area (Å²) in [6.07, 6.45) is 0. The van der Waals surface area contributed by atoms with Crippen molar-refractivity contribution in [2.75, 3.05) is 10.6 Å². The fourth-order valence-corrected chi connectivity index (χ4v) is 3.82. The smallest absolute Gasteiger partial charge is 0.148 e. The number of nitrogens with zero attached hydrogens (tertiary/aromatic N) is 2. The molecule has 6 nitrogen and oxygen atoms in total. The fourth-order valence-electron chi connectivity index (χ4n) is 3.82. The molecule has 0 spiro atoms. The molecule has 0 radical (unpaired) electrons. The normalized spacial score (nSPS) is 10.9. The van der Waals surface area contributed by atoms with Gasteiger partial charge >= 0.3 is 0 Å². The minimum Gasteiger partial charge on any atom is -0.365 e. The van der Waals surface area contributed by atoms with Gasteiger partial charge in [0.1, 0.15) is 11.6 Å². The van der Waals surface area contributed by atoms with Crippen LogP contribution in [0.5, 0.6) is 0 Å². The molecule has 4 N–H and O–H groups in total. The van der Waals surface area contributed by atoms with Gasteiger partial charge in [-0.05, 0) is 36.1 Å². The van der Waals surface area contributed by atoms with E-state index in [0.717, 1.165) is 34.2 Å². The first kappa shape index (κ1) is 21.5. The highest BCUT2D eigenvalue weighted by Crippen LogP contribution is 2.22. The van der Waals surface area contributed by atoms with Crippen molar-refractivity contribution in [1.82, 2.24) is 20.4 Å². The highest BCUT2D eigenvalue weighted by Gasteiger charge is 2.06. The molecule has 0 aliphatic heterocycles. The summed E-state index contributed by atoms with van der Waals surface area (Å²) in [5.41, 5.74) is 9.15. The number of benzene rings is 3. The summed E-state index contributed by atoms with van der Waals surface area (Å²) in [5.74, 6) is 1.67. The van der Waals surface area contributed by atoms with Crippen LogP contribution in [-0.4, -0.2) is 20.4 Å². The maximum Gasteiger partial charge on any atom is 0.148 e. The molecule has 5 rings (SSSR count). The number of aromatic amines is 2. The largest absolute Gasteiger partial charge is 0.365 e. The van der Waals surface area contributed by atoms with Crippen molar-refractivity contribution in [2.45, 2.75) is 26.9 Å². The summed E-state index contributed by atoms with van der Waals surface area (Å²) in [7, 11) is 0. The third kappa shape index (κ3) is 5.18. The van der Waals surface area contributed by atoms with Crippen LogP contribution in [0, 0.1) is 13.8 Å². The second kappa shape index (κ2) is 9.67. The first-order chi connectivity index (χ1) is 16.6. The summed E-state index contributed by atoms with van der Waals surface area (Å²) in [5, 5.41) is 21.8. The summed E-state index contributed by atoms with van der Waals surface area (Å²) >= 11 is 0. The van der Waals surface area contributed by atoms with E-state index in [0.29, 0.717) is 13.1 Å². The van der Waals surface area contributed by atoms with Crippen LogP contribution >= 0.6 is 0 Å². The standard InChI is InChI=1S/C28H28N6/c1-19-6-10-23(11-7-19)25-15-27(33-31-25)29-17-21-4-3-5-22(14-21)18-30-28-16-26(32-34-28)24-12-8-20(2)9-13-24/h3-16H,17-18H2,1-2H3,(H2,29,31,33)(H2,30,32,34). The van der Waals surface area contributed by atoms with Gasteiger partial charge in [-0.15, -0.1) is 0 Å². The molecule has 170 valence electrons. The van der Waals surface area contributed by atoms with Crippen molar-refractivity contribution in [3.8, 4) is 22.5 Å². The summed E-state index contributed by atoms with van der Waals surface area (Å²) in [4.78, 5) is 0. The van der Waals surface area contributed by atoms with E-state index in [2.05, 4.69) is 118 Å². The maximum atomic E-state index is 4.40. The molecule has 2 heterocycles. The molecule has 0 bridgehead atoms. The van der Waals surface area contributed by atoms with Gasteiger partial charge in [0.05, 0.1) is 11.4 Å². The van der Waals surface area contributed by atoms with E-state index >= 15 is 0 Å². The summed E-state index contributed by atoms with van der Waals surface area (Å²) in [6.45, 7) is 5.58. The van der Waals surface area contributed by atoms with E-state index in [-0.39, 0.29) is 0 Å². The quantitative estimate of drug-likeness (QED) is 0.224. The summed E-state index contributed by atoms with van der Waals surface area (Å²) in [6, 6.07) is 29.4. The number of H-pyrrole nitrogens is 2. The fraction of sp³-hybridized carbons (Fsp3) is 0.143. The van der Waals surface area contributed by atoms with E-state index in [1.807, 2.05) is 12.1 Å². The van der Waals surface area contributed by atoms with Crippen LogP contribution in [0.1, 0.15) is 22.3 Å². The lowest BCUT2D eigenvalue weighted by molar-refractivity contribution is 1.03. The Morgan fingerprint density at radius 1 is 0.588 bits per heavy atom. The van der Waals surface area contributed by atoms with Crippen LogP contribution in [0.15, 0.2) is 84.9 Å². The lowest BCUT2D eigenvalue weighted by Crippen LogP contribution is -2.03. The van der Waals surface area contributed by atoms with E-state index in [1.54, 1.807) is 0 Å². The Kier molecular flexibility index (Phi) is 6.12. The lowest BCUT2D eigenvalue weighted by Gasteiger charge is -2.07. The average Bonchev–Trinajstić information content (AvgIpc) is 3.53. The minimum absolute atomic E-state index is 0.700. The molecule has 2 aromatic heterocycles. The number of aryl methyl sites for hydroxylation is 2. The van der Waals surface area contributed by atoms with Gasteiger partial charge in [-0.2, -0.15) is 10.2 Å². The topological polar surface area (TPSA) is 81.4 Å². The van der Waals surface area contributed by atoms with Crippen molar-refractivity contribution in [3.63, 3.8) is 0 Å². The third-order valence-corrected chi connectivity index (χ3v) is 5.82. The number of rotatable bonds is 8. The zero-order valence-electron chi connectivity index (χ0n) is 19.4. The molecule has 0 atom stereocenters. The molecular weight excluding hydrogens is 420 g/mol. The van der Waals surface area contributed by atoms with Crippen molar-refractivity contribution >= 4 is 11.6 Å². The first-order valence-corrected chi connectivity index (χ1v) is 11.4. The second-order valence-electron chi connectivity index (χ2n) is 8.59. The Hall–Kier alpha value is -4.32. The van der Waals surface area contributed by atoms with Crippen molar-refractivity contribution < 1.29 is 0 Å². The van der Waals surface area contributed by atoms with Gasteiger partial charge in [-0.3, -0.25) is 10.2 Å². The predicted octanol–water partition coefficient (Wildman–Crippen LogP) is 6.31. The minimum atomic E-state index is 0.700. The predicted molar refractivity (Wildman–Crippen MR) is 139 cm³/mol. The van der Waals surface area contributed by atoms with E-state index < -0.39 is 0 Å². The Balaban J connectivity index is 1.17. The van der Waals surface area contributed by atoms with Gasteiger partial charge in [0.2, 0.25) is 0 Å². The monoisotopic (exact) mass is 448 g/mol. The number of anilines is 2. The molecule has 5 aromatic rings. The Bertz CT molecular complexity index is 1260. The highest BCUT2D eigenvalue weighted by molar-refractivity contribution is 5.64. The van der Waals surface area contributed by atoms with Crippen molar-refractivity contribution in [3.05, 3.63) is 107 Å². The molecule has 0 unspecified atom stereocenters. The van der Waals surface area contributed by atoms with E-state index in [9.17, 15) is 0 Å². The Morgan fingerprint density at radius 3 is 1.47 bits per heavy atom. The highest BCUT2D eigenvalue weighted by atomic mass is 15.2. The zero-order chi connectivity index (χ0) is 23.3. The average molecular weight is 449 g/mol. The molecule has 0 aliphatic rings. The molecule has 34 heavy (non-hydrogen) atoms. The second-order valence-corrected chi connectivity index (χ2v) is 8.59. The van der Waals surface area contributed by atoms with Gasteiger partial charge in [-0.25, -0.2) is 0 Å². The maximum absolute atomic E-state index is 4.40. The lowest BCUT2D eigenvalue weighted by atomic mass is 10.1.